The average molecular weight is 1190 g/mol. The van der Waals surface area contributed by atoms with E-state index < -0.39 is 29.7 Å². The first-order valence-electron chi connectivity index (χ1n) is 17.2. The third-order valence-corrected chi connectivity index (χ3v) is 5.19. The van der Waals surface area contributed by atoms with Crippen LogP contribution in [-0.4, -0.2) is 88.3 Å². The van der Waals surface area contributed by atoms with Gasteiger partial charge in [-0.1, -0.05) is 96.4 Å². The number of carbonyl (C=O) groups excluding carboxylic acids is 3. The maximum atomic E-state index is 11.8. The number of aliphatic hydroxyl groups is 1. The van der Waals surface area contributed by atoms with Crippen LogP contribution in [0.5, 0.6) is 23.0 Å². The summed E-state index contributed by atoms with van der Waals surface area (Å²) in [4.78, 5) is 26.7. The fraction of sp³-hybridized carbons (Fsp3) is 0.233. The van der Waals surface area contributed by atoms with E-state index in [-0.39, 0.29) is 100 Å². The normalized spacial score (nSPS) is 8.51. The van der Waals surface area contributed by atoms with Crippen molar-refractivity contribution in [3.63, 3.8) is 0 Å². The first-order valence-corrected chi connectivity index (χ1v) is 17.2. The second-order valence-electron chi connectivity index (χ2n) is 9.71. The molecule has 0 heterocycles. The van der Waals surface area contributed by atoms with Crippen LogP contribution >= 0.6 is 0 Å². The Morgan fingerprint density at radius 3 is 0.971 bits per heavy atom. The van der Waals surface area contributed by atoms with Crippen LogP contribution in [0, 0.1) is 60.8 Å². The van der Waals surface area contributed by atoms with Crippen LogP contribution in [0.2, 0.25) is 0 Å². The molecular formula is C43H51Co2DyN6O16. The van der Waals surface area contributed by atoms with Crippen LogP contribution in [0.3, 0.4) is 0 Å². The number of methoxy groups -OCH3 is 2. The van der Waals surface area contributed by atoms with Crippen molar-refractivity contribution >= 4 is 42.1 Å². The van der Waals surface area contributed by atoms with Gasteiger partial charge in [0, 0.05) is 50.7 Å². The molecule has 0 aliphatic rings. The number of hydrogen-bond acceptors (Lipinski definition) is 21. The van der Waals surface area contributed by atoms with Crippen molar-refractivity contribution in [3.05, 3.63) is 119 Å². The monoisotopic (exact) mass is 1190 g/mol. The molecule has 4 aromatic rings. The van der Waals surface area contributed by atoms with Gasteiger partial charge in [-0.25, -0.2) is 0 Å². The Hall–Kier alpha value is -6.12. The van der Waals surface area contributed by atoms with Crippen LogP contribution < -0.4 is 55.4 Å². The average Bonchev–Trinajstić information content (AvgIpc) is 3.27. The van der Waals surface area contributed by atoms with Gasteiger partial charge in [-0.2, -0.15) is 45.1 Å². The Bertz CT molecular complexity index is 1870. The zero-order chi connectivity index (χ0) is 50.9. The summed E-state index contributed by atoms with van der Waals surface area (Å²) in [5, 5.41) is 126. The van der Waals surface area contributed by atoms with Gasteiger partial charge in [0.15, 0.2) is 0 Å². The van der Waals surface area contributed by atoms with Crippen molar-refractivity contribution in [2.24, 2.45) is 20.4 Å². The Morgan fingerprint density at radius 2 is 0.765 bits per heavy atom. The van der Waals surface area contributed by atoms with Crippen molar-refractivity contribution in [1.82, 2.24) is 0 Å². The molecule has 22 nitrogen and oxygen atoms in total. The quantitative estimate of drug-likeness (QED) is 0.0995. The first kappa shape index (κ1) is 85.2. The van der Waals surface area contributed by atoms with Crippen LogP contribution in [-0.2, 0) is 47.9 Å². The van der Waals surface area contributed by atoms with E-state index in [0.717, 1.165) is 42.1 Å². The predicted octanol–water partition coefficient (Wildman–Crippen LogP) is -4.12. The molecule has 0 saturated carbocycles. The van der Waals surface area contributed by atoms with Crippen molar-refractivity contribution in [2.45, 2.75) is 34.6 Å². The molecule has 0 amide bonds. The molecule has 0 aromatic heterocycles. The predicted molar refractivity (Wildman–Crippen MR) is 224 cm³/mol. The number of aliphatic hydroxyl groups excluding tert-OH is 1. The summed E-state index contributed by atoms with van der Waals surface area (Å²) in [6, 6.07) is 30.3. The molecule has 0 spiro atoms. The molecule has 0 bridgehead atoms. The summed E-state index contributed by atoms with van der Waals surface area (Å²) in [5.41, 5.74) is 1.51. The van der Waals surface area contributed by atoms with E-state index in [1.54, 1.807) is 109 Å². The molecule has 377 valence electrons. The summed E-state index contributed by atoms with van der Waals surface area (Å²) < 4.78 is 9.82. The van der Waals surface area contributed by atoms with Gasteiger partial charge in [-0.3, -0.25) is 0 Å². The number of para-hydroxylation sites is 2. The van der Waals surface area contributed by atoms with E-state index in [1.165, 1.54) is 40.5 Å². The summed E-state index contributed by atoms with van der Waals surface area (Å²) in [6.07, 6.45) is 2.48. The molecule has 68 heavy (non-hydrogen) atoms. The van der Waals surface area contributed by atoms with Crippen LogP contribution in [0.4, 0.5) is 0 Å². The third-order valence-electron chi connectivity index (χ3n) is 5.19. The largest absolute Gasteiger partial charge is 3.00 e. The number of rotatable bonds is 8. The zero-order valence-electron chi connectivity index (χ0n) is 38.2. The number of benzene rings is 4. The second kappa shape index (κ2) is 63.0. The molecule has 0 unspecified atom stereocenters. The summed E-state index contributed by atoms with van der Waals surface area (Å²) in [5.74, 6) is -4.30. The zero-order valence-corrected chi connectivity index (χ0v) is 42.3. The number of carbonyl (C=O) groups is 3. The van der Waals surface area contributed by atoms with E-state index in [2.05, 4.69) is 20.4 Å². The van der Waals surface area contributed by atoms with Gasteiger partial charge in [-0.15, -0.1) is 0 Å². The van der Waals surface area contributed by atoms with Gasteiger partial charge < -0.3 is 80.4 Å². The third kappa shape index (κ3) is 54.2. The van der Waals surface area contributed by atoms with Gasteiger partial charge in [0.1, 0.15) is 11.5 Å². The number of nitriles is 2. The Kier molecular flexibility index (Phi) is 78.9. The molecule has 1 radical (unpaired) electrons. The van der Waals surface area contributed by atoms with E-state index in [0.29, 0.717) is 22.3 Å². The maximum absolute atomic E-state index is 11.8. The second-order valence-corrected chi connectivity index (χ2v) is 9.71. The van der Waals surface area contributed by atoms with Gasteiger partial charge in [0.05, 0.1) is 38.8 Å². The van der Waals surface area contributed by atoms with E-state index in [4.69, 9.17) is 65.0 Å². The van der Waals surface area contributed by atoms with Gasteiger partial charge in [0.2, 0.25) is 0 Å². The molecule has 3 N–H and O–H groups in total. The van der Waals surface area contributed by atoms with Gasteiger partial charge in [-0.05, 0) is 55.2 Å². The summed E-state index contributed by atoms with van der Waals surface area (Å²) in [6.45, 7) is 5.78. The molecule has 0 aliphatic heterocycles. The fourth-order valence-electron chi connectivity index (χ4n) is 3.15. The molecule has 4 aromatic carbocycles. The molecule has 25 heteroatoms. The molecule has 0 atom stereocenters. The first-order chi connectivity index (χ1) is 30.5. The number of carboxylic acid groups (broad SMARTS) is 3. The molecule has 0 aliphatic carbocycles. The van der Waals surface area contributed by atoms with Crippen LogP contribution in [0.1, 0.15) is 56.9 Å². The minimum Gasteiger partial charge on any atom is -0.870 e. The number of hydrogen-bond donors (Lipinski definition) is 1. The van der Waals surface area contributed by atoms with Crippen molar-refractivity contribution < 1.29 is 152 Å². The molecular weight excluding hydrogens is 1140 g/mol. The standard InChI is InChI=1S/2C15H14N2O3.2C2H3N.3C2H4O2.CH4O.2CH3O.2Co.Dy.H2O/c2*1-20-13-9-5-8-12(14(13)18)10-16-17-15(19)11-6-3-2-4-7-11;2*1-2-3;3*1-2(3)4;3*1-2;;;;/h2*2-10,18H,1H3,(H,17,19);2*1H3;3*1H3,(H,3,4);2H,1H3;2*1H3;;;;1H2/q;;;;;;;;2*-1;3*+3;/p-7/b2*16-10+;;;;;;;;;;;;. The summed E-state index contributed by atoms with van der Waals surface area (Å²) in [7, 11) is 5.34. The topological polar surface area (TPSA) is 426 Å². The molecule has 0 fully saturated rings. The van der Waals surface area contributed by atoms with Crippen LogP contribution in [0.15, 0.2) is 117 Å². The summed E-state index contributed by atoms with van der Waals surface area (Å²) >= 11 is 0. The number of ether oxygens (including phenoxy) is 2. The van der Waals surface area contributed by atoms with E-state index in [1.807, 2.05) is 0 Å². The molecule has 0 saturated heterocycles. The Morgan fingerprint density at radius 1 is 0.544 bits per heavy atom. The minimum atomic E-state index is -1.08. The van der Waals surface area contributed by atoms with Crippen molar-refractivity contribution in [1.29, 1.82) is 10.5 Å². The Balaban J connectivity index is -0.0000000814. The Labute approximate surface area is 446 Å². The van der Waals surface area contributed by atoms with E-state index in [9.17, 15) is 20.4 Å². The minimum absolute atomic E-state index is 0. The van der Waals surface area contributed by atoms with Gasteiger partial charge in [0.25, 0.3) is 0 Å². The number of aliphatic carboxylic acids is 3. The number of nitrogens with zero attached hydrogens (tertiary/aromatic N) is 6. The van der Waals surface area contributed by atoms with Crippen molar-refractivity contribution in [3.8, 4) is 35.1 Å². The van der Waals surface area contributed by atoms with Gasteiger partial charge >= 0.3 is 71.7 Å². The SMILES string of the molecule is CC#N.CC#N.CC(=O)[O-].CC(=O)[O-].CC(=O)[O-].CO.COc1cccc(/C=N/N=C(\[O-])c2ccccc2)c1[O-].COc1cccc(/C=N/N=C(\[O-])c2ccccc2)c1[O-].C[O-].C[O-].O.[Co+3].[Co+3].[Dy+3]. The molecule has 4 rings (SSSR count). The fourth-order valence-corrected chi connectivity index (χ4v) is 3.15. The van der Waals surface area contributed by atoms with Crippen molar-refractivity contribution in [2.75, 3.05) is 35.5 Å². The smallest absolute Gasteiger partial charge is 0.870 e. The maximum Gasteiger partial charge on any atom is 3.00 e. The van der Waals surface area contributed by atoms with Crippen LogP contribution in [0.25, 0.3) is 0 Å². The van der Waals surface area contributed by atoms with E-state index >= 15 is 0 Å². The number of carboxylic acids is 3.